The molecule has 1 aliphatic rings. The van der Waals surface area contributed by atoms with Gasteiger partial charge in [0.2, 0.25) is 0 Å². The number of nitrogens with two attached hydrogens (primary N) is 1. The number of carbonyl (C=O) groups excluding carboxylic acids is 2. The molecule has 5 nitrogen and oxygen atoms in total. The molecular weight excluding hydrogens is 568 g/mol. The summed E-state index contributed by atoms with van der Waals surface area (Å²) in [5.41, 5.74) is 8.08. The summed E-state index contributed by atoms with van der Waals surface area (Å²) >= 11 is -0.472. The molecule has 2 aromatic carbocycles. The van der Waals surface area contributed by atoms with E-state index in [2.05, 4.69) is 10.6 Å². The third-order valence-electron chi connectivity index (χ3n) is 4.12. The van der Waals surface area contributed by atoms with E-state index in [-0.39, 0.29) is 11.6 Å². The van der Waals surface area contributed by atoms with Crippen LogP contribution in [0.5, 0.6) is 0 Å². The van der Waals surface area contributed by atoms with Crippen molar-refractivity contribution in [2.24, 2.45) is 5.73 Å². The van der Waals surface area contributed by atoms with Crippen LogP contribution in [0.2, 0.25) is 0 Å². The van der Waals surface area contributed by atoms with Crippen molar-refractivity contribution in [3.05, 3.63) is 64.7 Å². The van der Waals surface area contributed by atoms with Crippen molar-refractivity contribution in [1.29, 1.82) is 0 Å². The molecule has 0 aliphatic heterocycles. The third-order valence-corrected chi connectivity index (χ3v) is 4.12. The molecule has 4 N–H and O–H groups in total. The van der Waals surface area contributed by atoms with Crippen molar-refractivity contribution < 1.29 is 26.1 Å². The van der Waals surface area contributed by atoms with E-state index in [1.165, 1.54) is 0 Å². The number of hydrogen-bond acceptors (Lipinski definition) is 5. The first-order valence-corrected chi connectivity index (χ1v) is 14.1. The predicted octanol–water partition coefficient (Wildman–Crippen LogP) is 3.19. The Morgan fingerprint density at radius 3 is 2.15 bits per heavy atom. The van der Waals surface area contributed by atoms with E-state index in [0.29, 0.717) is 28.8 Å². The zero-order valence-corrected chi connectivity index (χ0v) is 18.3. The summed E-state index contributed by atoms with van der Waals surface area (Å²) in [5, 5.41) is 6.51. The fourth-order valence-electron chi connectivity index (χ4n) is 2.96. The number of halogens is 2. The molecule has 0 heterocycles. The van der Waals surface area contributed by atoms with Gasteiger partial charge in [0.25, 0.3) is 0 Å². The Kier molecular flexibility index (Phi) is 9.46. The van der Waals surface area contributed by atoms with E-state index >= 15 is 0 Å². The number of fused-ring (bicyclic) bond motifs is 2. The Balaban J connectivity index is 0.000000817. The maximum atomic E-state index is 12.8. The number of rotatable bonds is 7. The van der Waals surface area contributed by atoms with Gasteiger partial charge in [-0.2, -0.15) is 0 Å². The molecule has 0 fully saturated rings. The van der Waals surface area contributed by atoms with E-state index in [1.807, 2.05) is 12.1 Å². The molecule has 0 unspecified atom stereocenters. The molecule has 0 amide bonds. The second-order valence-corrected chi connectivity index (χ2v) is 9.08. The van der Waals surface area contributed by atoms with Crippen molar-refractivity contribution in [3.8, 4) is 0 Å². The molecule has 0 saturated heterocycles. The molecule has 27 heavy (non-hydrogen) atoms. The summed E-state index contributed by atoms with van der Waals surface area (Å²) in [6.45, 7) is 2.99. The van der Waals surface area contributed by atoms with Crippen LogP contribution in [0.4, 0.5) is 5.69 Å². The van der Waals surface area contributed by atoms with Crippen LogP contribution in [0, 0.1) is 0 Å². The second-order valence-electron chi connectivity index (χ2n) is 5.80. The van der Waals surface area contributed by atoms with Gasteiger partial charge in [-0.25, -0.2) is 0 Å². The average Bonchev–Trinajstić information content (AvgIpc) is 2.69. The molecule has 0 radical (unpaired) electrons. The van der Waals surface area contributed by atoms with E-state index < -0.39 is 16.5 Å². The predicted molar refractivity (Wildman–Crippen MR) is 106 cm³/mol. The van der Waals surface area contributed by atoms with E-state index in [4.69, 9.17) is 24.6 Å². The Morgan fingerprint density at radius 1 is 0.852 bits per heavy atom. The Bertz CT molecular complexity index is 802. The Morgan fingerprint density at radius 2 is 1.48 bits per heavy atom. The van der Waals surface area contributed by atoms with Crippen LogP contribution in [-0.2, 0) is 16.5 Å². The van der Waals surface area contributed by atoms with Gasteiger partial charge in [-0.1, -0.05) is 36.4 Å². The third kappa shape index (κ3) is 5.63. The van der Waals surface area contributed by atoms with Gasteiger partial charge in [0, 0.05) is 42.0 Å². The monoisotopic (exact) mass is 588 g/mol. The SMILES string of the molecule is NCCNCCCNc1cccc2c1C(=O)c1ccccc1C2=O.[Cl][Pt][Cl]. The molecule has 3 rings (SSSR count). The first kappa shape index (κ1) is 22.1. The Hall–Kier alpha value is -1.23. The van der Waals surface area contributed by atoms with Gasteiger partial charge in [0.1, 0.15) is 0 Å². The molecule has 0 spiro atoms. The van der Waals surface area contributed by atoms with E-state index in [9.17, 15) is 9.59 Å². The number of ketones is 2. The minimum absolute atomic E-state index is 0.0894. The normalized spacial score (nSPS) is 12.1. The van der Waals surface area contributed by atoms with Crippen LogP contribution in [0.1, 0.15) is 38.3 Å². The van der Waals surface area contributed by atoms with Crippen molar-refractivity contribution in [2.75, 3.05) is 31.5 Å². The van der Waals surface area contributed by atoms with Crippen molar-refractivity contribution in [1.82, 2.24) is 5.32 Å². The molecule has 8 heteroatoms. The summed E-state index contributed by atoms with van der Waals surface area (Å²) in [5.74, 6) is -0.182. The molecule has 0 saturated carbocycles. The van der Waals surface area contributed by atoms with Gasteiger partial charge < -0.3 is 16.4 Å². The van der Waals surface area contributed by atoms with Gasteiger partial charge in [-0.05, 0) is 19.0 Å². The average molecular weight is 589 g/mol. The van der Waals surface area contributed by atoms with Crippen molar-refractivity contribution in [2.45, 2.75) is 6.42 Å². The fraction of sp³-hybridized carbons (Fsp3) is 0.263. The van der Waals surface area contributed by atoms with Gasteiger partial charge in [-0.3, -0.25) is 9.59 Å². The second kappa shape index (κ2) is 11.6. The van der Waals surface area contributed by atoms with Gasteiger partial charge in [0.15, 0.2) is 11.6 Å². The molecule has 1 aliphatic carbocycles. The van der Waals surface area contributed by atoms with Crippen LogP contribution in [0.25, 0.3) is 0 Å². The standard InChI is InChI=1S/C19H21N3O2.2ClH.Pt/c20-9-12-21-10-4-11-22-16-8-3-7-15-17(16)19(24)14-6-2-1-5-13(14)18(15)23;;;/h1-3,5-8,21-22H,4,9-12,20H2;2*1H;/q;;;+2/p-2. The fourth-order valence-corrected chi connectivity index (χ4v) is 2.96. The quantitative estimate of drug-likeness (QED) is 0.369. The molecule has 148 valence electrons. The van der Waals surface area contributed by atoms with Crippen LogP contribution < -0.4 is 16.4 Å². The minimum atomic E-state index is -0.472. The zero-order valence-electron chi connectivity index (χ0n) is 14.5. The van der Waals surface area contributed by atoms with Crippen LogP contribution in [0.15, 0.2) is 42.5 Å². The van der Waals surface area contributed by atoms with Crippen molar-refractivity contribution >= 4 is 36.1 Å². The topological polar surface area (TPSA) is 84.2 Å². The van der Waals surface area contributed by atoms with E-state index in [1.54, 1.807) is 30.3 Å². The molecule has 0 atom stereocenters. The molecule has 0 bridgehead atoms. The summed E-state index contributed by atoms with van der Waals surface area (Å²) in [6.07, 6.45) is 0.905. The number of hydrogen-bond donors (Lipinski definition) is 3. The molecule has 0 aromatic heterocycles. The summed E-state index contributed by atoms with van der Waals surface area (Å²) in [4.78, 5) is 25.5. The number of nitrogens with one attached hydrogen (secondary N) is 2. The summed E-state index contributed by atoms with van der Waals surface area (Å²) in [6, 6.07) is 12.4. The first-order valence-electron chi connectivity index (χ1n) is 8.44. The van der Waals surface area contributed by atoms with Gasteiger partial charge in [0.05, 0.1) is 5.56 Å². The molecular formula is C19H21Cl2N3O2Pt. The van der Waals surface area contributed by atoms with Crippen LogP contribution >= 0.6 is 18.8 Å². The van der Waals surface area contributed by atoms with Gasteiger partial charge >= 0.3 is 35.3 Å². The van der Waals surface area contributed by atoms with E-state index in [0.717, 1.165) is 31.7 Å². The number of benzene rings is 2. The maximum absolute atomic E-state index is 12.8. The van der Waals surface area contributed by atoms with Crippen molar-refractivity contribution in [3.63, 3.8) is 0 Å². The number of carbonyl (C=O) groups is 2. The van der Waals surface area contributed by atoms with Crippen LogP contribution in [-0.4, -0.2) is 37.7 Å². The summed E-state index contributed by atoms with van der Waals surface area (Å²) < 4.78 is 0. The zero-order chi connectivity index (χ0) is 19.6. The van der Waals surface area contributed by atoms with Crippen LogP contribution in [0.3, 0.4) is 0 Å². The summed E-state index contributed by atoms with van der Waals surface area (Å²) in [7, 11) is 9.75. The first-order chi connectivity index (χ1) is 13.2. The molecule has 2 aromatic rings. The van der Waals surface area contributed by atoms with Gasteiger partial charge in [-0.15, -0.1) is 0 Å². The Labute approximate surface area is 175 Å². The number of anilines is 1.